The molecule has 0 aliphatic carbocycles. The predicted molar refractivity (Wildman–Crippen MR) is 80.3 cm³/mol. The first-order valence-electron chi connectivity index (χ1n) is 6.65. The highest BCUT2D eigenvalue weighted by atomic mass is 32.1. The van der Waals surface area contributed by atoms with Crippen molar-refractivity contribution >= 4 is 16.3 Å². The summed E-state index contributed by atoms with van der Waals surface area (Å²) >= 11 is 1.51. The number of ether oxygens (including phenoxy) is 1. The lowest BCUT2D eigenvalue weighted by Gasteiger charge is -2.04. The standard InChI is InChI=1S/C15H13N3O2S/c1-8-6-10(13(16)21-8)15-17-14(18-20-15)12-7-9-4-2-3-5-11(9)19-12/h2-6,12H,7,16H2,1H3. The van der Waals surface area contributed by atoms with E-state index in [1.54, 1.807) is 0 Å². The Kier molecular flexibility index (Phi) is 2.71. The van der Waals surface area contributed by atoms with Gasteiger partial charge in [-0.2, -0.15) is 4.98 Å². The van der Waals surface area contributed by atoms with Crippen molar-refractivity contribution in [2.75, 3.05) is 5.73 Å². The Balaban J connectivity index is 1.63. The van der Waals surface area contributed by atoms with Gasteiger partial charge in [0.15, 0.2) is 6.10 Å². The van der Waals surface area contributed by atoms with E-state index in [4.69, 9.17) is 15.0 Å². The average Bonchev–Trinajstić information content (AvgIpc) is 3.15. The van der Waals surface area contributed by atoms with Crippen molar-refractivity contribution in [2.45, 2.75) is 19.4 Å². The topological polar surface area (TPSA) is 74.2 Å². The van der Waals surface area contributed by atoms with Gasteiger partial charge in [-0.05, 0) is 24.6 Å². The maximum Gasteiger partial charge on any atom is 0.261 e. The molecule has 1 unspecified atom stereocenters. The third kappa shape index (κ3) is 2.08. The number of rotatable bonds is 2. The van der Waals surface area contributed by atoms with Gasteiger partial charge in [-0.15, -0.1) is 11.3 Å². The molecule has 3 aromatic rings. The number of para-hydroxylation sites is 1. The second kappa shape index (κ2) is 4.60. The number of hydrogen-bond acceptors (Lipinski definition) is 6. The Morgan fingerprint density at radius 2 is 2.19 bits per heavy atom. The van der Waals surface area contributed by atoms with Crippen molar-refractivity contribution in [3.63, 3.8) is 0 Å². The normalized spacial score (nSPS) is 16.7. The molecule has 3 heterocycles. The quantitative estimate of drug-likeness (QED) is 0.785. The largest absolute Gasteiger partial charge is 0.482 e. The number of thiophene rings is 1. The van der Waals surface area contributed by atoms with Gasteiger partial charge in [0, 0.05) is 11.3 Å². The number of aryl methyl sites for hydroxylation is 1. The number of aromatic nitrogens is 2. The first kappa shape index (κ1) is 12.4. The van der Waals surface area contributed by atoms with Crippen LogP contribution in [0.3, 0.4) is 0 Å². The van der Waals surface area contributed by atoms with E-state index in [-0.39, 0.29) is 6.10 Å². The molecule has 0 saturated carbocycles. The number of fused-ring (bicyclic) bond motifs is 1. The van der Waals surface area contributed by atoms with Crippen LogP contribution in [-0.4, -0.2) is 10.1 Å². The van der Waals surface area contributed by atoms with Crippen LogP contribution in [0, 0.1) is 6.92 Å². The van der Waals surface area contributed by atoms with Gasteiger partial charge in [0.25, 0.3) is 5.89 Å². The van der Waals surface area contributed by atoms with E-state index < -0.39 is 0 Å². The van der Waals surface area contributed by atoms with E-state index in [2.05, 4.69) is 16.2 Å². The van der Waals surface area contributed by atoms with Gasteiger partial charge in [0.2, 0.25) is 5.82 Å². The first-order valence-corrected chi connectivity index (χ1v) is 7.47. The SMILES string of the molecule is Cc1cc(-c2nc(C3Cc4ccccc4O3)no2)c(N)s1. The zero-order chi connectivity index (χ0) is 14.4. The van der Waals surface area contributed by atoms with Crippen LogP contribution in [0.15, 0.2) is 34.9 Å². The van der Waals surface area contributed by atoms with Crippen LogP contribution in [0.5, 0.6) is 5.75 Å². The summed E-state index contributed by atoms with van der Waals surface area (Å²) in [5.41, 5.74) is 7.93. The molecule has 0 amide bonds. The second-order valence-corrected chi connectivity index (χ2v) is 6.30. The van der Waals surface area contributed by atoms with E-state index in [0.29, 0.717) is 16.7 Å². The van der Waals surface area contributed by atoms with Crippen LogP contribution in [0.1, 0.15) is 22.4 Å². The molecule has 0 spiro atoms. The monoisotopic (exact) mass is 299 g/mol. The molecule has 6 heteroatoms. The van der Waals surface area contributed by atoms with E-state index in [1.807, 2.05) is 31.2 Å². The summed E-state index contributed by atoms with van der Waals surface area (Å²) in [7, 11) is 0. The van der Waals surface area contributed by atoms with Crippen molar-refractivity contribution in [1.29, 1.82) is 0 Å². The van der Waals surface area contributed by atoms with Crippen LogP contribution in [0.2, 0.25) is 0 Å². The average molecular weight is 299 g/mol. The summed E-state index contributed by atoms with van der Waals surface area (Å²) in [6.07, 6.45) is 0.564. The van der Waals surface area contributed by atoms with Gasteiger partial charge < -0.3 is 15.0 Å². The number of nitrogens with two attached hydrogens (primary N) is 1. The molecule has 1 aromatic carbocycles. The maximum absolute atomic E-state index is 5.96. The molecule has 5 nitrogen and oxygen atoms in total. The molecule has 4 rings (SSSR count). The van der Waals surface area contributed by atoms with E-state index >= 15 is 0 Å². The Labute approximate surface area is 125 Å². The van der Waals surface area contributed by atoms with Gasteiger partial charge in [0.05, 0.1) is 10.6 Å². The van der Waals surface area contributed by atoms with Crippen LogP contribution >= 0.6 is 11.3 Å². The Bertz CT molecular complexity index is 784. The lowest BCUT2D eigenvalue weighted by molar-refractivity contribution is 0.221. The summed E-state index contributed by atoms with van der Waals surface area (Å²) in [4.78, 5) is 5.56. The Morgan fingerprint density at radius 1 is 1.33 bits per heavy atom. The minimum atomic E-state index is -0.194. The lowest BCUT2D eigenvalue weighted by atomic mass is 10.1. The summed E-state index contributed by atoms with van der Waals surface area (Å²) in [5.74, 6) is 1.90. The molecule has 1 aliphatic heterocycles. The zero-order valence-corrected chi connectivity index (χ0v) is 12.2. The molecular weight excluding hydrogens is 286 g/mol. The second-order valence-electron chi connectivity index (χ2n) is 5.01. The van der Waals surface area contributed by atoms with Gasteiger partial charge >= 0.3 is 0 Å². The van der Waals surface area contributed by atoms with Crippen LogP contribution in [-0.2, 0) is 6.42 Å². The molecule has 0 fully saturated rings. The number of benzene rings is 1. The molecule has 106 valence electrons. The van der Waals surface area contributed by atoms with Gasteiger partial charge in [0.1, 0.15) is 5.75 Å². The lowest BCUT2D eigenvalue weighted by Crippen LogP contribution is -2.05. The van der Waals surface area contributed by atoms with Crippen molar-refractivity contribution in [1.82, 2.24) is 10.1 Å². The molecule has 1 aliphatic rings. The summed E-state index contributed by atoms with van der Waals surface area (Å²) in [6.45, 7) is 2.00. The summed E-state index contributed by atoms with van der Waals surface area (Å²) in [5, 5.41) is 4.74. The fraction of sp³-hybridized carbons (Fsp3) is 0.200. The fourth-order valence-electron chi connectivity index (χ4n) is 2.50. The van der Waals surface area contributed by atoms with E-state index in [1.165, 1.54) is 16.9 Å². The predicted octanol–water partition coefficient (Wildman–Crippen LogP) is 3.36. The molecule has 1 atom stereocenters. The van der Waals surface area contributed by atoms with Gasteiger partial charge in [-0.25, -0.2) is 0 Å². The third-order valence-electron chi connectivity index (χ3n) is 3.49. The van der Waals surface area contributed by atoms with Crippen LogP contribution in [0.4, 0.5) is 5.00 Å². The highest BCUT2D eigenvalue weighted by Gasteiger charge is 2.28. The minimum absolute atomic E-state index is 0.194. The number of nitrogens with zero attached hydrogens (tertiary/aromatic N) is 2. The number of nitrogen functional groups attached to an aromatic ring is 1. The zero-order valence-electron chi connectivity index (χ0n) is 11.4. The van der Waals surface area contributed by atoms with E-state index in [0.717, 1.165) is 22.6 Å². The van der Waals surface area contributed by atoms with Crippen LogP contribution in [0.25, 0.3) is 11.5 Å². The third-order valence-corrected chi connectivity index (χ3v) is 4.37. The highest BCUT2D eigenvalue weighted by Crippen LogP contribution is 2.37. The Hall–Kier alpha value is -2.34. The Morgan fingerprint density at radius 3 is 2.95 bits per heavy atom. The molecule has 0 bridgehead atoms. The van der Waals surface area contributed by atoms with Crippen molar-refractivity contribution in [2.24, 2.45) is 0 Å². The number of hydrogen-bond donors (Lipinski definition) is 1. The molecule has 21 heavy (non-hydrogen) atoms. The summed E-state index contributed by atoms with van der Waals surface area (Å²) in [6, 6.07) is 9.92. The molecule has 2 aromatic heterocycles. The van der Waals surface area contributed by atoms with E-state index in [9.17, 15) is 0 Å². The molecule has 2 N–H and O–H groups in total. The molecular formula is C15H13N3O2S. The van der Waals surface area contributed by atoms with Crippen molar-refractivity contribution in [3.05, 3.63) is 46.6 Å². The van der Waals surface area contributed by atoms with Crippen LogP contribution < -0.4 is 10.5 Å². The van der Waals surface area contributed by atoms with Crippen molar-refractivity contribution in [3.8, 4) is 17.2 Å². The summed E-state index contributed by atoms with van der Waals surface area (Å²) < 4.78 is 11.2. The van der Waals surface area contributed by atoms with Crippen molar-refractivity contribution < 1.29 is 9.26 Å². The minimum Gasteiger partial charge on any atom is -0.482 e. The number of anilines is 1. The smallest absolute Gasteiger partial charge is 0.261 e. The highest BCUT2D eigenvalue weighted by molar-refractivity contribution is 7.16. The maximum atomic E-state index is 5.96. The van der Waals surface area contributed by atoms with Gasteiger partial charge in [-0.1, -0.05) is 23.4 Å². The fourth-order valence-corrected chi connectivity index (χ4v) is 3.28. The molecule has 0 radical (unpaired) electrons. The first-order chi connectivity index (χ1) is 10.2. The molecule has 0 saturated heterocycles. The van der Waals surface area contributed by atoms with Gasteiger partial charge in [-0.3, -0.25) is 0 Å².